The van der Waals surface area contributed by atoms with Gasteiger partial charge in [-0.15, -0.1) is 0 Å². The molecular weight excluding hydrogens is 424 g/mol. The van der Waals surface area contributed by atoms with Crippen LogP contribution in [0.1, 0.15) is 42.4 Å². The minimum atomic E-state index is -3.52. The van der Waals surface area contributed by atoms with Crippen molar-refractivity contribution >= 4 is 15.9 Å². The van der Waals surface area contributed by atoms with Crippen LogP contribution >= 0.6 is 0 Å². The van der Waals surface area contributed by atoms with Gasteiger partial charge in [0.05, 0.1) is 12.0 Å². The van der Waals surface area contributed by atoms with E-state index >= 15 is 0 Å². The molecule has 32 heavy (non-hydrogen) atoms. The van der Waals surface area contributed by atoms with Gasteiger partial charge in [0.15, 0.2) is 0 Å². The lowest BCUT2D eigenvalue weighted by atomic mass is 9.92. The largest absolute Gasteiger partial charge is 0.496 e. The number of nitrogens with zero attached hydrogens (tertiary/aromatic N) is 1. The Morgan fingerprint density at radius 1 is 1.06 bits per heavy atom. The Morgan fingerprint density at radius 2 is 1.78 bits per heavy atom. The van der Waals surface area contributed by atoms with Crippen molar-refractivity contribution < 1.29 is 17.9 Å². The van der Waals surface area contributed by atoms with E-state index < -0.39 is 10.0 Å². The standard InChI is InChI=1S/C25H32N2O4S/c1-31-24-9-5-4-7-20(24)12-15-26-25(28)21-13-16-27(17-14-21)32(29,30)23-11-10-19-6-2-3-8-22(19)18-23/h4-5,7,9-11,18,21H,2-3,6,8,12-17H2,1H3,(H,26,28). The van der Waals surface area contributed by atoms with Gasteiger partial charge in [0, 0.05) is 25.6 Å². The van der Waals surface area contributed by atoms with E-state index in [9.17, 15) is 13.2 Å². The summed E-state index contributed by atoms with van der Waals surface area (Å²) in [5, 5.41) is 3.01. The SMILES string of the molecule is COc1ccccc1CCNC(=O)C1CCN(S(=O)(=O)c2ccc3c(c2)CCCC3)CC1. The van der Waals surface area contributed by atoms with Crippen molar-refractivity contribution in [1.82, 2.24) is 9.62 Å². The van der Waals surface area contributed by atoms with Crippen LogP contribution in [0.4, 0.5) is 0 Å². The molecule has 0 aromatic heterocycles. The highest BCUT2D eigenvalue weighted by molar-refractivity contribution is 7.89. The first kappa shape index (κ1) is 22.8. The van der Waals surface area contributed by atoms with Gasteiger partial charge in [-0.05, 0) is 79.8 Å². The molecule has 1 aliphatic carbocycles. The number of hydrogen-bond donors (Lipinski definition) is 1. The summed E-state index contributed by atoms with van der Waals surface area (Å²) < 4.78 is 33.2. The third-order valence-corrected chi connectivity index (χ3v) is 8.56. The maximum atomic E-state index is 13.2. The number of benzene rings is 2. The molecule has 1 heterocycles. The molecule has 2 aliphatic rings. The van der Waals surface area contributed by atoms with Crippen molar-refractivity contribution in [3.05, 3.63) is 59.2 Å². The maximum absolute atomic E-state index is 13.2. The first-order valence-electron chi connectivity index (χ1n) is 11.5. The number of piperidine rings is 1. The van der Waals surface area contributed by atoms with E-state index in [1.54, 1.807) is 13.2 Å². The number of para-hydroxylation sites is 1. The molecule has 0 bridgehead atoms. The van der Waals surface area contributed by atoms with Crippen LogP contribution in [-0.2, 0) is 34.1 Å². The highest BCUT2D eigenvalue weighted by Gasteiger charge is 2.32. The summed E-state index contributed by atoms with van der Waals surface area (Å²) in [6.45, 7) is 1.29. The summed E-state index contributed by atoms with van der Waals surface area (Å²) in [5.74, 6) is 0.677. The van der Waals surface area contributed by atoms with E-state index in [2.05, 4.69) is 5.32 Å². The summed E-state index contributed by atoms with van der Waals surface area (Å²) >= 11 is 0. The Labute approximate surface area is 191 Å². The average Bonchev–Trinajstić information content (AvgIpc) is 2.84. The number of sulfonamides is 1. The number of hydrogen-bond acceptors (Lipinski definition) is 4. The van der Waals surface area contributed by atoms with Crippen molar-refractivity contribution in [3.63, 3.8) is 0 Å². The summed E-state index contributed by atoms with van der Waals surface area (Å²) in [6.07, 6.45) is 6.07. The number of carbonyl (C=O) groups excluding carboxylic acids is 1. The third kappa shape index (κ3) is 4.99. The fourth-order valence-corrected chi connectivity index (χ4v) is 6.27. The van der Waals surface area contributed by atoms with E-state index in [-0.39, 0.29) is 11.8 Å². The van der Waals surface area contributed by atoms with Crippen molar-refractivity contribution in [1.29, 1.82) is 0 Å². The molecule has 1 fully saturated rings. The molecular formula is C25H32N2O4S. The van der Waals surface area contributed by atoms with Crippen LogP contribution in [0, 0.1) is 5.92 Å². The zero-order valence-corrected chi connectivity index (χ0v) is 19.5. The fourth-order valence-electron chi connectivity index (χ4n) is 4.75. The van der Waals surface area contributed by atoms with E-state index in [1.807, 2.05) is 36.4 Å². The molecule has 7 heteroatoms. The summed E-state index contributed by atoms with van der Waals surface area (Å²) in [7, 11) is -1.88. The summed E-state index contributed by atoms with van der Waals surface area (Å²) in [6, 6.07) is 13.4. The van der Waals surface area contributed by atoms with Crippen molar-refractivity contribution in [2.45, 2.75) is 49.8 Å². The smallest absolute Gasteiger partial charge is 0.243 e. The van der Waals surface area contributed by atoms with Crippen LogP contribution in [0.2, 0.25) is 0 Å². The normalized spacial score (nSPS) is 17.5. The van der Waals surface area contributed by atoms with Gasteiger partial charge in [-0.2, -0.15) is 4.31 Å². The molecule has 2 aromatic carbocycles. The van der Waals surface area contributed by atoms with E-state index in [4.69, 9.17) is 4.74 Å². The number of aryl methyl sites for hydroxylation is 2. The van der Waals surface area contributed by atoms with Crippen molar-refractivity contribution in [2.75, 3.05) is 26.7 Å². The van der Waals surface area contributed by atoms with Gasteiger partial charge in [-0.1, -0.05) is 24.3 Å². The second-order valence-electron chi connectivity index (χ2n) is 8.67. The molecule has 4 rings (SSSR count). The van der Waals surface area contributed by atoms with Crippen LogP contribution in [0.15, 0.2) is 47.4 Å². The maximum Gasteiger partial charge on any atom is 0.243 e. The molecule has 172 valence electrons. The Balaban J connectivity index is 1.30. The van der Waals surface area contributed by atoms with Crippen molar-refractivity contribution in [3.8, 4) is 5.75 Å². The number of methoxy groups -OCH3 is 1. The minimum Gasteiger partial charge on any atom is -0.496 e. The predicted octanol–water partition coefficient (Wildman–Crippen LogP) is 3.33. The zero-order valence-electron chi connectivity index (χ0n) is 18.7. The first-order chi connectivity index (χ1) is 15.5. The first-order valence-corrected chi connectivity index (χ1v) is 12.9. The van der Waals surface area contributed by atoms with E-state index in [1.165, 1.54) is 21.9 Å². The second kappa shape index (κ2) is 10.0. The molecule has 0 atom stereocenters. The van der Waals surface area contributed by atoms with Gasteiger partial charge in [-0.3, -0.25) is 4.79 Å². The van der Waals surface area contributed by atoms with E-state index in [0.717, 1.165) is 30.6 Å². The average molecular weight is 457 g/mol. The van der Waals surface area contributed by atoms with Crippen LogP contribution in [-0.4, -0.2) is 45.4 Å². The minimum absolute atomic E-state index is 0.00530. The molecule has 0 saturated carbocycles. The molecule has 1 saturated heterocycles. The molecule has 0 radical (unpaired) electrons. The van der Waals surface area contributed by atoms with Gasteiger partial charge in [0.25, 0.3) is 0 Å². The predicted molar refractivity (Wildman–Crippen MR) is 124 cm³/mol. The number of amides is 1. The monoisotopic (exact) mass is 456 g/mol. The zero-order chi connectivity index (χ0) is 22.6. The van der Waals surface area contributed by atoms with Crippen LogP contribution in [0.3, 0.4) is 0 Å². The van der Waals surface area contributed by atoms with Gasteiger partial charge >= 0.3 is 0 Å². The number of rotatable bonds is 7. The third-order valence-electron chi connectivity index (χ3n) is 6.67. The number of fused-ring (bicyclic) bond motifs is 1. The number of ether oxygens (including phenoxy) is 1. The molecule has 0 unspecified atom stereocenters. The quantitative estimate of drug-likeness (QED) is 0.693. The summed E-state index contributed by atoms with van der Waals surface area (Å²) in [5.41, 5.74) is 3.50. The van der Waals surface area contributed by atoms with Crippen LogP contribution in [0.5, 0.6) is 5.75 Å². The number of carbonyl (C=O) groups is 1. The molecule has 6 nitrogen and oxygen atoms in total. The lowest BCUT2D eigenvalue weighted by molar-refractivity contribution is -0.126. The Morgan fingerprint density at radius 3 is 2.53 bits per heavy atom. The topological polar surface area (TPSA) is 75.7 Å². The van der Waals surface area contributed by atoms with Gasteiger partial charge in [0.1, 0.15) is 5.75 Å². The highest BCUT2D eigenvalue weighted by atomic mass is 32.2. The molecule has 1 aliphatic heterocycles. The summed E-state index contributed by atoms with van der Waals surface area (Å²) in [4.78, 5) is 13.0. The molecule has 1 N–H and O–H groups in total. The van der Waals surface area contributed by atoms with Crippen LogP contribution < -0.4 is 10.1 Å². The Hall–Kier alpha value is -2.38. The lowest BCUT2D eigenvalue weighted by Crippen LogP contribution is -2.43. The van der Waals surface area contributed by atoms with Crippen molar-refractivity contribution in [2.24, 2.45) is 5.92 Å². The molecule has 2 aromatic rings. The molecule has 1 amide bonds. The molecule has 0 spiro atoms. The van der Waals surface area contributed by atoms with Crippen LogP contribution in [0.25, 0.3) is 0 Å². The Bertz CT molecular complexity index is 1060. The Kier molecular flexibility index (Phi) is 7.16. The second-order valence-corrected chi connectivity index (χ2v) is 10.6. The fraction of sp³-hybridized carbons (Fsp3) is 0.480. The lowest BCUT2D eigenvalue weighted by Gasteiger charge is -2.31. The van der Waals surface area contributed by atoms with E-state index in [0.29, 0.717) is 43.8 Å². The highest BCUT2D eigenvalue weighted by Crippen LogP contribution is 2.28. The number of nitrogens with one attached hydrogen (secondary N) is 1. The van der Waals surface area contributed by atoms with Gasteiger partial charge in [0.2, 0.25) is 15.9 Å². The van der Waals surface area contributed by atoms with Gasteiger partial charge in [-0.25, -0.2) is 8.42 Å². The van der Waals surface area contributed by atoms with Gasteiger partial charge < -0.3 is 10.1 Å².